The lowest BCUT2D eigenvalue weighted by Crippen LogP contribution is -2.01. The van der Waals surface area contributed by atoms with Crippen LogP contribution >= 0.6 is 34.3 Å². The fraction of sp³-hybridized carbons (Fsp3) is 0.250. The molecule has 4 nitrogen and oxygen atoms in total. The summed E-state index contributed by atoms with van der Waals surface area (Å²) < 4.78 is 6.56. The molecule has 0 saturated carbocycles. The van der Waals surface area contributed by atoms with Crippen molar-refractivity contribution in [3.63, 3.8) is 0 Å². The third kappa shape index (κ3) is 2.82. The van der Waals surface area contributed by atoms with Gasteiger partial charge in [-0.05, 0) is 43.0 Å². The number of aromatic nitrogens is 1. The molecule has 0 atom stereocenters. The van der Waals surface area contributed by atoms with Crippen molar-refractivity contribution in [1.82, 2.24) is 4.98 Å². The zero-order valence-corrected chi connectivity index (χ0v) is 14.4. The third-order valence-corrected chi connectivity index (χ3v) is 6.23. The van der Waals surface area contributed by atoms with E-state index in [1.807, 2.05) is 6.07 Å². The van der Waals surface area contributed by atoms with Crippen molar-refractivity contribution < 1.29 is 14.3 Å². The van der Waals surface area contributed by atoms with E-state index in [0.717, 1.165) is 22.6 Å². The number of hydrogen-bond acceptors (Lipinski definition) is 5. The summed E-state index contributed by atoms with van der Waals surface area (Å²) in [7, 11) is 0. The second kappa shape index (κ2) is 5.78. The van der Waals surface area contributed by atoms with Gasteiger partial charge in [0.05, 0.1) is 26.2 Å². The van der Waals surface area contributed by atoms with Crippen LogP contribution in [0.3, 0.4) is 0 Å². The van der Waals surface area contributed by atoms with Gasteiger partial charge in [0.25, 0.3) is 0 Å². The molecule has 4 rings (SSSR count). The highest BCUT2D eigenvalue weighted by molar-refractivity contribution is 7.19. The highest BCUT2D eigenvalue weighted by Crippen LogP contribution is 2.40. The topological polar surface area (TPSA) is 63.3 Å². The number of carboxylic acid groups (broad SMARTS) is 1. The quantitative estimate of drug-likeness (QED) is 0.714. The molecule has 1 aliphatic carbocycles. The van der Waals surface area contributed by atoms with E-state index in [2.05, 4.69) is 11.1 Å². The van der Waals surface area contributed by atoms with Crippen molar-refractivity contribution in [2.45, 2.75) is 25.7 Å². The molecule has 3 aromatic heterocycles. The van der Waals surface area contributed by atoms with Crippen LogP contribution in [0.5, 0.6) is 0 Å². The molecule has 23 heavy (non-hydrogen) atoms. The van der Waals surface area contributed by atoms with Crippen molar-refractivity contribution in [2.24, 2.45) is 0 Å². The summed E-state index contributed by atoms with van der Waals surface area (Å²) in [5.74, 6) is 0.0791. The maximum Gasteiger partial charge on any atom is 0.309 e. The van der Waals surface area contributed by atoms with Crippen LogP contribution in [-0.4, -0.2) is 16.1 Å². The smallest absolute Gasteiger partial charge is 0.309 e. The van der Waals surface area contributed by atoms with Crippen molar-refractivity contribution in [1.29, 1.82) is 0 Å². The fourth-order valence-corrected chi connectivity index (χ4v) is 5.01. The summed E-state index contributed by atoms with van der Waals surface area (Å²) in [6.45, 7) is 0. The predicted octanol–water partition coefficient (Wildman–Crippen LogP) is 4.90. The van der Waals surface area contributed by atoms with Crippen molar-refractivity contribution in [2.75, 3.05) is 0 Å². The Hall–Kier alpha value is -1.63. The van der Waals surface area contributed by atoms with E-state index in [1.165, 1.54) is 28.2 Å². The summed E-state index contributed by atoms with van der Waals surface area (Å²) in [4.78, 5) is 18.7. The molecular formula is C16H12ClNO3S2. The van der Waals surface area contributed by atoms with E-state index in [4.69, 9.17) is 21.1 Å². The summed E-state index contributed by atoms with van der Waals surface area (Å²) >= 11 is 9.03. The summed E-state index contributed by atoms with van der Waals surface area (Å²) in [6.07, 6.45) is 3.24. The number of rotatable bonds is 4. The lowest BCUT2D eigenvalue weighted by molar-refractivity contribution is -0.136. The maximum atomic E-state index is 11.1. The van der Waals surface area contributed by atoms with Gasteiger partial charge in [-0.1, -0.05) is 11.6 Å². The van der Waals surface area contributed by atoms with Crippen LogP contribution in [0, 0.1) is 0 Å². The number of carbonyl (C=O) groups is 1. The molecule has 0 radical (unpaired) electrons. The third-order valence-electron chi connectivity index (χ3n) is 3.77. The lowest BCUT2D eigenvalue weighted by Gasteiger charge is -1.94. The lowest BCUT2D eigenvalue weighted by atomic mass is 10.2. The van der Waals surface area contributed by atoms with Crippen LogP contribution in [0.2, 0.25) is 4.34 Å². The number of fused-ring (bicyclic) bond motifs is 1. The Bertz CT molecular complexity index is 872. The zero-order chi connectivity index (χ0) is 16.0. The number of hydrogen-bond donors (Lipinski definition) is 1. The number of carboxylic acids is 1. The highest BCUT2D eigenvalue weighted by Gasteiger charge is 2.23. The van der Waals surface area contributed by atoms with Crippen LogP contribution in [0.15, 0.2) is 22.6 Å². The minimum absolute atomic E-state index is 0.167. The van der Waals surface area contributed by atoms with Gasteiger partial charge >= 0.3 is 5.97 Å². The van der Waals surface area contributed by atoms with Gasteiger partial charge in [-0.3, -0.25) is 4.79 Å². The molecular weight excluding hydrogens is 354 g/mol. The average Bonchev–Trinajstić information content (AvgIpc) is 3.19. The van der Waals surface area contributed by atoms with Gasteiger partial charge in [-0.15, -0.1) is 22.7 Å². The van der Waals surface area contributed by atoms with E-state index in [-0.39, 0.29) is 6.42 Å². The Morgan fingerprint density at radius 1 is 1.30 bits per heavy atom. The van der Waals surface area contributed by atoms with Gasteiger partial charge in [0, 0.05) is 4.88 Å². The predicted molar refractivity (Wildman–Crippen MR) is 91.5 cm³/mol. The van der Waals surface area contributed by atoms with Crippen molar-refractivity contribution >= 4 is 40.2 Å². The number of halogens is 1. The molecule has 1 aliphatic rings. The second-order valence-electron chi connectivity index (χ2n) is 5.38. The molecule has 0 bridgehead atoms. The SMILES string of the molecule is O=C(O)Cc1nc(-c2cc3c(s2)CCC3)oc1-c1ccc(Cl)s1. The molecule has 0 aliphatic heterocycles. The zero-order valence-electron chi connectivity index (χ0n) is 12.0. The molecule has 7 heteroatoms. The minimum Gasteiger partial charge on any atom is -0.481 e. The minimum atomic E-state index is -0.928. The first-order chi connectivity index (χ1) is 11.1. The molecule has 118 valence electrons. The van der Waals surface area contributed by atoms with E-state index in [9.17, 15) is 4.79 Å². The van der Waals surface area contributed by atoms with E-state index >= 15 is 0 Å². The fourth-order valence-electron chi connectivity index (χ4n) is 2.78. The molecule has 0 fully saturated rings. The van der Waals surface area contributed by atoms with Gasteiger partial charge in [0.1, 0.15) is 0 Å². The Kier molecular flexibility index (Phi) is 3.75. The number of nitrogens with zero attached hydrogens (tertiary/aromatic N) is 1. The van der Waals surface area contributed by atoms with E-state index in [0.29, 0.717) is 21.7 Å². The van der Waals surface area contributed by atoms with Crippen LogP contribution in [0.4, 0.5) is 0 Å². The molecule has 3 heterocycles. The first-order valence-electron chi connectivity index (χ1n) is 7.19. The Morgan fingerprint density at radius 2 is 2.17 bits per heavy atom. The molecule has 0 unspecified atom stereocenters. The second-order valence-corrected chi connectivity index (χ2v) is 8.23. The van der Waals surface area contributed by atoms with Gasteiger partial charge in [0.15, 0.2) is 5.76 Å². The Morgan fingerprint density at radius 3 is 2.87 bits per heavy atom. The summed E-state index contributed by atoms with van der Waals surface area (Å²) in [5.41, 5.74) is 1.81. The maximum absolute atomic E-state index is 11.1. The molecule has 1 N–H and O–H groups in total. The first-order valence-corrected chi connectivity index (χ1v) is 9.20. The van der Waals surface area contributed by atoms with Crippen molar-refractivity contribution in [3.8, 4) is 21.4 Å². The van der Waals surface area contributed by atoms with Crippen LogP contribution in [-0.2, 0) is 24.1 Å². The highest BCUT2D eigenvalue weighted by atomic mass is 35.5. The van der Waals surface area contributed by atoms with Gasteiger partial charge in [0.2, 0.25) is 5.89 Å². The van der Waals surface area contributed by atoms with Crippen LogP contribution < -0.4 is 0 Å². The van der Waals surface area contributed by atoms with Gasteiger partial charge in [-0.2, -0.15) is 0 Å². The number of aryl methyl sites for hydroxylation is 2. The average molecular weight is 366 g/mol. The normalized spacial score (nSPS) is 13.4. The molecule has 0 saturated heterocycles. The number of oxazole rings is 1. The van der Waals surface area contributed by atoms with Gasteiger partial charge < -0.3 is 9.52 Å². The van der Waals surface area contributed by atoms with Gasteiger partial charge in [-0.25, -0.2) is 4.98 Å². The summed E-state index contributed by atoms with van der Waals surface area (Å²) in [5, 5.41) is 9.12. The van der Waals surface area contributed by atoms with E-state index < -0.39 is 5.97 Å². The van der Waals surface area contributed by atoms with E-state index in [1.54, 1.807) is 17.4 Å². The van der Waals surface area contributed by atoms with Crippen LogP contribution in [0.25, 0.3) is 21.4 Å². The van der Waals surface area contributed by atoms with Crippen molar-refractivity contribution in [3.05, 3.63) is 38.7 Å². The molecule has 3 aromatic rings. The molecule has 0 spiro atoms. The Balaban J connectivity index is 1.78. The Labute approximate surface area is 145 Å². The number of aliphatic carboxylic acids is 1. The first kappa shape index (κ1) is 14.9. The molecule has 0 aromatic carbocycles. The standard InChI is InChI=1S/C16H12ClNO3S2/c17-13-5-4-11(23-13)15-9(7-14(19)20)18-16(21-15)12-6-8-2-1-3-10(8)22-12/h4-6H,1-3,7H2,(H,19,20). The largest absolute Gasteiger partial charge is 0.481 e. The molecule has 0 amide bonds. The number of thiophene rings is 2. The van der Waals surface area contributed by atoms with Crippen LogP contribution in [0.1, 0.15) is 22.6 Å². The summed E-state index contributed by atoms with van der Waals surface area (Å²) in [6, 6.07) is 5.72. The monoisotopic (exact) mass is 365 g/mol.